The van der Waals surface area contributed by atoms with Gasteiger partial charge in [-0.1, -0.05) is 6.07 Å². The number of non-ortho nitro benzene ring substituents is 1. The number of nitro benzene ring substituents is 1. The van der Waals surface area contributed by atoms with Gasteiger partial charge in [0.1, 0.15) is 11.6 Å². The Bertz CT molecular complexity index is 837. The van der Waals surface area contributed by atoms with Crippen LogP contribution in [-0.4, -0.2) is 60.0 Å². The van der Waals surface area contributed by atoms with Crippen LogP contribution in [0.3, 0.4) is 0 Å². The number of nitrogens with zero attached hydrogens (tertiary/aromatic N) is 4. The van der Waals surface area contributed by atoms with Crippen molar-refractivity contribution in [2.24, 2.45) is 0 Å². The number of benzene rings is 1. The third-order valence-electron chi connectivity index (χ3n) is 4.87. The topological polar surface area (TPSA) is 101 Å². The third-order valence-corrected chi connectivity index (χ3v) is 4.87. The predicted octanol–water partition coefficient (Wildman–Crippen LogP) is 2.15. The summed E-state index contributed by atoms with van der Waals surface area (Å²) in [5.74, 6) is 1.02. The number of ether oxygens (including phenoxy) is 1. The fourth-order valence-electron chi connectivity index (χ4n) is 3.18. The molecular formula is C19H23N5O4. The second-order valence-corrected chi connectivity index (χ2v) is 6.52. The number of piperazine rings is 1. The number of carbonyl (C=O) groups is 1. The highest BCUT2D eigenvalue weighted by Gasteiger charge is 2.26. The summed E-state index contributed by atoms with van der Waals surface area (Å²) in [4.78, 5) is 31.7. The summed E-state index contributed by atoms with van der Waals surface area (Å²) in [6.45, 7) is 4.90. The molecule has 0 spiro atoms. The Morgan fingerprint density at radius 3 is 2.61 bits per heavy atom. The van der Waals surface area contributed by atoms with Crippen LogP contribution >= 0.6 is 0 Å². The highest BCUT2D eigenvalue weighted by Crippen LogP contribution is 2.29. The van der Waals surface area contributed by atoms with Crippen LogP contribution in [0.5, 0.6) is 5.75 Å². The van der Waals surface area contributed by atoms with E-state index in [9.17, 15) is 14.9 Å². The molecule has 9 nitrogen and oxygen atoms in total. The van der Waals surface area contributed by atoms with Gasteiger partial charge in [-0.2, -0.15) is 0 Å². The zero-order valence-corrected chi connectivity index (χ0v) is 15.9. The van der Waals surface area contributed by atoms with Gasteiger partial charge < -0.3 is 15.0 Å². The fraction of sp³-hybridized carbons (Fsp3) is 0.368. The molecular weight excluding hydrogens is 362 g/mol. The first-order valence-corrected chi connectivity index (χ1v) is 9.03. The molecule has 1 aromatic heterocycles. The molecule has 0 saturated carbocycles. The summed E-state index contributed by atoms with van der Waals surface area (Å²) in [5, 5.41) is 13.7. The number of nitrogens with one attached hydrogen (secondary N) is 1. The van der Waals surface area contributed by atoms with E-state index in [1.54, 1.807) is 6.20 Å². The molecule has 1 amide bonds. The third kappa shape index (κ3) is 4.37. The van der Waals surface area contributed by atoms with E-state index in [1.165, 1.54) is 25.3 Å². The van der Waals surface area contributed by atoms with Crippen LogP contribution in [0.1, 0.15) is 6.92 Å². The van der Waals surface area contributed by atoms with E-state index >= 15 is 0 Å². The Labute approximate surface area is 163 Å². The van der Waals surface area contributed by atoms with E-state index < -0.39 is 4.92 Å². The van der Waals surface area contributed by atoms with Crippen molar-refractivity contribution in [2.75, 3.05) is 43.5 Å². The Hall–Kier alpha value is -3.20. The minimum absolute atomic E-state index is 0.0893. The van der Waals surface area contributed by atoms with Gasteiger partial charge in [0.05, 0.1) is 29.8 Å². The number of carbonyl (C=O) groups excluding carboxylic acids is 1. The minimum atomic E-state index is -0.502. The quantitative estimate of drug-likeness (QED) is 0.600. The van der Waals surface area contributed by atoms with Crippen molar-refractivity contribution in [2.45, 2.75) is 13.0 Å². The van der Waals surface area contributed by atoms with Crippen LogP contribution in [0.4, 0.5) is 17.2 Å². The van der Waals surface area contributed by atoms with E-state index in [4.69, 9.17) is 4.74 Å². The van der Waals surface area contributed by atoms with Crippen LogP contribution in [0.25, 0.3) is 0 Å². The number of aromatic nitrogens is 1. The highest BCUT2D eigenvalue weighted by molar-refractivity contribution is 5.96. The maximum Gasteiger partial charge on any atom is 0.273 e. The molecule has 2 aromatic rings. The zero-order chi connectivity index (χ0) is 20.1. The molecule has 0 radical (unpaired) electrons. The predicted molar refractivity (Wildman–Crippen MR) is 106 cm³/mol. The van der Waals surface area contributed by atoms with Gasteiger partial charge >= 0.3 is 0 Å². The molecule has 1 aliphatic heterocycles. The molecule has 9 heteroatoms. The summed E-state index contributed by atoms with van der Waals surface area (Å²) in [5.41, 5.74) is 0.325. The first-order valence-electron chi connectivity index (χ1n) is 9.03. The number of rotatable bonds is 6. The van der Waals surface area contributed by atoms with Crippen molar-refractivity contribution in [3.63, 3.8) is 0 Å². The van der Waals surface area contributed by atoms with Gasteiger partial charge in [-0.3, -0.25) is 19.8 Å². The molecule has 28 heavy (non-hydrogen) atoms. The second-order valence-electron chi connectivity index (χ2n) is 6.52. The van der Waals surface area contributed by atoms with Crippen LogP contribution in [0.15, 0.2) is 42.6 Å². The van der Waals surface area contributed by atoms with E-state index in [0.717, 1.165) is 32.0 Å². The Morgan fingerprint density at radius 2 is 2.00 bits per heavy atom. The van der Waals surface area contributed by atoms with E-state index in [2.05, 4.69) is 20.1 Å². The summed E-state index contributed by atoms with van der Waals surface area (Å²) in [6.07, 6.45) is 1.77. The van der Waals surface area contributed by atoms with Crippen molar-refractivity contribution >= 4 is 23.1 Å². The second kappa shape index (κ2) is 8.66. The fourth-order valence-corrected chi connectivity index (χ4v) is 3.18. The maximum absolute atomic E-state index is 12.7. The zero-order valence-electron chi connectivity index (χ0n) is 15.9. The number of methoxy groups -OCH3 is 1. The molecule has 1 aliphatic rings. The van der Waals surface area contributed by atoms with E-state index in [1.807, 2.05) is 25.1 Å². The number of nitro groups is 1. The van der Waals surface area contributed by atoms with Crippen molar-refractivity contribution in [1.82, 2.24) is 9.88 Å². The largest absolute Gasteiger partial charge is 0.494 e. The highest BCUT2D eigenvalue weighted by atomic mass is 16.6. The number of pyridine rings is 1. The van der Waals surface area contributed by atoms with Gasteiger partial charge in [0.25, 0.3) is 5.69 Å². The lowest BCUT2D eigenvalue weighted by Gasteiger charge is -2.37. The molecule has 1 saturated heterocycles. The molecule has 3 rings (SSSR count). The van der Waals surface area contributed by atoms with Crippen LogP contribution in [0, 0.1) is 10.1 Å². The normalized spacial score (nSPS) is 15.7. The Balaban J connectivity index is 1.60. The lowest BCUT2D eigenvalue weighted by molar-refractivity contribution is -0.384. The van der Waals surface area contributed by atoms with Crippen LogP contribution < -0.4 is 15.0 Å². The van der Waals surface area contributed by atoms with E-state index in [0.29, 0.717) is 5.69 Å². The molecule has 1 aromatic carbocycles. The van der Waals surface area contributed by atoms with Crippen molar-refractivity contribution in [3.05, 3.63) is 52.7 Å². The lowest BCUT2D eigenvalue weighted by Crippen LogP contribution is -2.53. The first kappa shape index (κ1) is 19.6. The van der Waals surface area contributed by atoms with Crippen LogP contribution in [0.2, 0.25) is 0 Å². The van der Waals surface area contributed by atoms with Crippen LogP contribution in [-0.2, 0) is 4.79 Å². The molecule has 1 N–H and O–H groups in total. The molecule has 148 valence electrons. The summed E-state index contributed by atoms with van der Waals surface area (Å²) >= 11 is 0. The van der Waals surface area contributed by atoms with Crippen molar-refractivity contribution in [3.8, 4) is 5.75 Å². The number of amides is 1. The van der Waals surface area contributed by atoms with Crippen molar-refractivity contribution in [1.29, 1.82) is 0 Å². The van der Waals surface area contributed by atoms with Gasteiger partial charge in [-0.25, -0.2) is 4.98 Å². The smallest absolute Gasteiger partial charge is 0.273 e. The summed E-state index contributed by atoms with van der Waals surface area (Å²) < 4.78 is 5.18. The molecule has 2 heterocycles. The molecule has 0 aliphatic carbocycles. The molecule has 0 unspecified atom stereocenters. The first-order chi connectivity index (χ1) is 13.5. The number of anilines is 2. The number of hydrogen-bond donors (Lipinski definition) is 1. The van der Waals surface area contributed by atoms with Gasteiger partial charge in [0.2, 0.25) is 5.91 Å². The molecule has 1 fully saturated rings. The van der Waals surface area contributed by atoms with Gasteiger partial charge in [-0.05, 0) is 25.1 Å². The monoisotopic (exact) mass is 385 g/mol. The Kier molecular flexibility index (Phi) is 6.05. The average molecular weight is 385 g/mol. The summed E-state index contributed by atoms with van der Waals surface area (Å²) in [7, 11) is 1.41. The van der Waals surface area contributed by atoms with Gasteiger partial charge in [0, 0.05) is 38.4 Å². The Morgan fingerprint density at radius 1 is 1.25 bits per heavy atom. The standard InChI is InChI=1S/C19H23N5O4/c1-14(22-9-11-23(12-10-22)18-5-3-4-8-20-18)19(25)21-16-7-6-15(24(26)27)13-17(16)28-2/h3-8,13-14H,9-12H2,1-2H3,(H,21,25)/t14-/m1/s1. The lowest BCUT2D eigenvalue weighted by atomic mass is 10.2. The summed E-state index contributed by atoms with van der Waals surface area (Å²) in [6, 6.07) is 9.61. The van der Waals surface area contributed by atoms with Gasteiger partial charge in [-0.15, -0.1) is 0 Å². The van der Waals surface area contributed by atoms with E-state index in [-0.39, 0.29) is 23.4 Å². The average Bonchev–Trinajstić information content (AvgIpc) is 2.74. The van der Waals surface area contributed by atoms with Crippen molar-refractivity contribution < 1.29 is 14.5 Å². The molecule has 0 bridgehead atoms. The molecule has 1 atom stereocenters. The SMILES string of the molecule is COc1cc([N+](=O)[O-])ccc1NC(=O)[C@@H](C)N1CCN(c2ccccn2)CC1. The van der Waals surface area contributed by atoms with Gasteiger partial charge in [0.15, 0.2) is 0 Å². The minimum Gasteiger partial charge on any atom is -0.494 e. The maximum atomic E-state index is 12.7. The number of hydrogen-bond acceptors (Lipinski definition) is 7.